The zero-order valence-corrected chi connectivity index (χ0v) is 14.0. The average Bonchev–Trinajstić information content (AvgIpc) is 2.92. The molecule has 0 saturated heterocycles. The second kappa shape index (κ2) is 8.11. The smallest absolute Gasteiger partial charge is 0.333 e. The van der Waals surface area contributed by atoms with Crippen molar-refractivity contribution in [2.24, 2.45) is 0 Å². The molecular weight excluding hydrogens is 300 g/mol. The molecule has 0 amide bonds. The monoisotopic (exact) mass is 322 g/mol. The predicted molar refractivity (Wildman–Crippen MR) is 96.4 cm³/mol. The van der Waals surface area contributed by atoms with Crippen molar-refractivity contribution in [2.45, 2.75) is 26.5 Å². The minimum atomic E-state index is -0.418. The lowest BCUT2D eigenvalue weighted by Gasteiger charge is -2.09. The maximum absolute atomic E-state index is 11.7. The van der Waals surface area contributed by atoms with E-state index >= 15 is 0 Å². The number of hydrogen-bond donors (Lipinski definition) is 0. The van der Waals surface area contributed by atoms with E-state index in [0.29, 0.717) is 18.5 Å². The summed E-state index contributed by atoms with van der Waals surface area (Å²) in [6.45, 7) is 13.6. The molecule has 0 radical (unpaired) electrons. The van der Waals surface area contributed by atoms with Gasteiger partial charge in [-0.1, -0.05) is 49.1 Å². The highest BCUT2D eigenvalue weighted by molar-refractivity contribution is 5.86. The lowest BCUT2D eigenvalue weighted by Crippen LogP contribution is -2.08. The fraction of sp³-hybridized carbons (Fsp3) is 0.200. The van der Waals surface area contributed by atoms with Gasteiger partial charge in [0.1, 0.15) is 18.1 Å². The van der Waals surface area contributed by atoms with Gasteiger partial charge in [-0.05, 0) is 6.92 Å². The number of nitrogens with zero attached hydrogens (tertiary/aromatic N) is 2. The molecule has 1 aromatic heterocycles. The highest BCUT2D eigenvalue weighted by Gasteiger charge is 2.18. The number of esters is 1. The highest BCUT2D eigenvalue weighted by Crippen LogP contribution is 2.24. The van der Waals surface area contributed by atoms with Gasteiger partial charge in [0, 0.05) is 29.8 Å². The molecule has 0 aliphatic carbocycles. The maximum Gasteiger partial charge on any atom is 0.333 e. The van der Waals surface area contributed by atoms with E-state index in [0.717, 1.165) is 22.8 Å². The van der Waals surface area contributed by atoms with Crippen LogP contribution in [0.15, 0.2) is 67.8 Å². The molecule has 0 fully saturated rings. The van der Waals surface area contributed by atoms with Crippen molar-refractivity contribution < 1.29 is 9.53 Å². The Kier molecular flexibility index (Phi) is 5.90. The van der Waals surface area contributed by atoms with E-state index in [2.05, 4.69) is 24.3 Å². The van der Waals surface area contributed by atoms with Crippen molar-refractivity contribution in [2.75, 3.05) is 0 Å². The summed E-state index contributed by atoms with van der Waals surface area (Å²) < 4.78 is 7.36. The first-order valence-electron chi connectivity index (χ1n) is 7.76. The van der Waals surface area contributed by atoms with Crippen molar-refractivity contribution in [3.8, 4) is 11.4 Å². The van der Waals surface area contributed by atoms with Crippen molar-refractivity contribution >= 4 is 5.97 Å². The molecule has 0 spiro atoms. The number of benzene rings is 1. The SMILES string of the molecule is C=CCc1c(COC(=O)C(=C)C)nc(-c2ccccc2)n1CC=C. The van der Waals surface area contributed by atoms with Crippen LogP contribution in [0.5, 0.6) is 0 Å². The molecule has 1 heterocycles. The second-order valence-corrected chi connectivity index (χ2v) is 5.44. The molecule has 2 aromatic rings. The number of carbonyl (C=O) groups is 1. The molecule has 0 N–H and O–H groups in total. The Morgan fingerprint density at radius 2 is 1.96 bits per heavy atom. The van der Waals surface area contributed by atoms with Gasteiger partial charge in [-0.3, -0.25) is 0 Å². The molecule has 0 saturated carbocycles. The number of aromatic nitrogens is 2. The standard InChI is InChI=1S/C20H22N2O2/c1-5-10-18-17(14-24-20(23)15(3)4)21-19(22(18)13-6-2)16-11-8-7-9-12-16/h5-9,11-12H,1-3,10,13-14H2,4H3. The van der Waals surface area contributed by atoms with Gasteiger partial charge < -0.3 is 9.30 Å². The van der Waals surface area contributed by atoms with Crippen LogP contribution in [0.2, 0.25) is 0 Å². The second-order valence-electron chi connectivity index (χ2n) is 5.44. The average molecular weight is 322 g/mol. The van der Waals surface area contributed by atoms with Crippen molar-refractivity contribution in [1.82, 2.24) is 9.55 Å². The summed E-state index contributed by atoms with van der Waals surface area (Å²) >= 11 is 0. The van der Waals surface area contributed by atoms with Crippen LogP contribution >= 0.6 is 0 Å². The van der Waals surface area contributed by atoms with Crippen LogP contribution in [0.1, 0.15) is 18.3 Å². The molecule has 4 heteroatoms. The number of allylic oxidation sites excluding steroid dienone is 2. The van der Waals surface area contributed by atoms with Crippen LogP contribution in [0.4, 0.5) is 0 Å². The lowest BCUT2D eigenvalue weighted by molar-refractivity contribution is -0.140. The first-order valence-corrected chi connectivity index (χ1v) is 7.76. The topological polar surface area (TPSA) is 44.1 Å². The van der Waals surface area contributed by atoms with E-state index in [9.17, 15) is 4.79 Å². The Morgan fingerprint density at radius 3 is 2.54 bits per heavy atom. The molecule has 0 aliphatic heterocycles. The first kappa shape index (κ1) is 17.5. The van der Waals surface area contributed by atoms with Gasteiger partial charge in [-0.25, -0.2) is 9.78 Å². The Labute approximate surface area is 142 Å². The summed E-state index contributed by atoms with van der Waals surface area (Å²) in [7, 11) is 0. The molecule has 1 aromatic carbocycles. The molecule has 0 bridgehead atoms. The van der Waals surface area contributed by atoms with Gasteiger partial charge in [0.05, 0.1) is 0 Å². The molecule has 124 valence electrons. The van der Waals surface area contributed by atoms with Crippen LogP contribution < -0.4 is 0 Å². The van der Waals surface area contributed by atoms with E-state index in [1.165, 1.54) is 0 Å². The third-order valence-electron chi connectivity index (χ3n) is 3.53. The Bertz CT molecular complexity index is 757. The number of ether oxygens (including phenoxy) is 1. The first-order chi connectivity index (χ1) is 11.6. The predicted octanol–water partition coefficient (Wildman–Crippen LogP) is 4.08. The molecule has 4 nitrogen and oxygen atoms in total. The summed E-state index contributed by atoms with van der Waals surface area (Å²) in [5.74, 6) is 0.410. The summed E-state index contributed by atoms with van der Waals surface area (Å²) in [4.78, 5) is 16.4. The Hall–Kier alpha value is -2.88. The zero-order valence-electron chi connectivity index (χ0n) is 14.0. The number of hydrogen-bond acceptors (Lipinski definition) is 3. The van der Waals surface area contributed by atoms with Gasteiger partial charge in [0.25, 0.3) is 0 Å². The minimum absolute atomic E-state index is 0.110. The molecule has 0 atom stereocenters. The van der Waals surface area contributed by atoms with Gasteiger partial charge in [-0.15, -0.1) is 13.2 Å². The summed E-state index contributed by atoms with van der Waals surface area (Å²) in [5.41, 5.74) is 3.07. The normalized spacial score (nSPS) is 10.2. The van der Waals surface area contributed by atoms with Crippen molar-refractivity contribution in [3.63, 3.8) is 0 Å². The van der Waals surface area contributed by atoms with E-state index < -0.39 is 5.97 Å². The fourth-order valence-corrected chi connectivity index (χ4v) is 2.41. The quantitative estimate of drug-likeness (QED) is 0.418. The Balaban J connectivity index is 2.45. The van der Waals surface area contributed by atoms with Crippen LogP contribution in [0, 0.1) is 0 Å². The van der Waals surface area contributed by atoms with E-state index in [4.69, 9.17) is 9.72 Å². The van der Waals surface area contributed by atoms with Crippen LogP contribution in [-0.2, 0) is 29.1 Å². The van der Waals surface area contributed by atoms with Crippen molar-refractivity contribution in [3.05, 3.63) is 79.2 Å². The molecular formula is C20H22N2O2. The van der Waals surface area contributed by atoms with Crippen molar-refractivity contribution in [1.29, 1.82) is 0 Å². The zero-order chi connectivity index (χ0) is 17.5. The fourth-order valence-electron chi connectivity index (χ4n) is 2.41. The maximum atomic E-state index is 11.7. The van der Waals surface area contributed by atoms with Crippen LogP contribution in [-0.4, -0.2) is 15.5 Å². The number of carbonyl (C=O) groups excluding carboxylic acids is 1. The third-order valence-corrected chi connectivity index (χ3v) is 3.53. The molecule has 0 aliphatic rings. The van der Waals surface area contributed by atoms with Gasteiger partial charge in [-0.2, -0.15) is 0 Å². The Morgan fingerprint density at radius 1 is 1.25 bits per heavy atom. The summed E-state index contributed by atoms with van der Waals surface area (Å²) in [6.07, 6.45) is 4.27. The largest absolute Gasteiger partial charge is 0.456 e. The molecule has 2 rings (SSSR count). The van der Waals surface area contributed by atoms with E-state index in [1.54, 1.807) is 6.92 Å². The van der Waals surface area contributed by atoms with E-state index in [1.807, 2.05) is 42.5 Å². The minimum Gasteiger partial charge on any atom is -0.456 e. The number of rotatable bonds is 8. The molecule has 24 heavy (non-hydrogen) atoms. The summed E-state index contributed by atoms with van der Waals surface area (Å²) in [5, 5.41) is 0. The van der Waals surface area contributed by atoms with Crippen LogP contribution in [0.25, 0.3) is 11.4 Å². The van der Waals surface area contributed by atoms with Gasteiger partial charge >= 0.3 is 5.97 Å². The summed E-state index contributed by atoms with van der Waals surface area (Å²) in [6, 6.07) is 9.91. The number of imidazole rings is 1. The van der Waals surface area contributed by atoms with Gasteiger partial charge in [0.15, 0.2) is 0 Å². The third kappa shape index (κ3) is 3.90. The molecule has 0 unspecified atom stereocenters. The van der Waals surface area contributed by atoms with Crippen LogP contribution in [0.3, 0.4) is 0 Å². The lowest BCUT2D eigenvalue weighted by atomic mass is 10.2. The highest BCUT2D eigenvalue weighted by atomic mass is 16.5. The van der Waals surface area contributed by atoms with E-state index in [-0.39, 0.29) is 6.61 Å². The van der Waals surface area contributed by atoms with Gasteiger partial charge in [0.2, 0.25) is 0 Å².